The molecule has 0 bridgehead atoms. The fraction of sp³-hybridized carbons (Fsp3) is 0.417. The van der Waals surface area contributed by atoms with Crippen LogP contribution >= 0.6 is 11.3 Å². The number of fused-ring (bicyclic) bond motifs is 1. The van der Waals surface area contributed by atoms with Gasteiger partial charge in [0.2, 0.25) is 15.9 Å². The van der Waals surface area contributed by atoms with Crippen molar-refractivity contribution in [1.29, 1.82) is 0 Å². The van der Waals surface area contributed by atoms with Gasteiger partial charge in [-0.15, -0.1) is 0 Å². The molecule has 1 saturated heterocycles. The van der Waals surface area contributed by atoms with Crippen LogP contribution in [-0.4, -0.2) is 75.4 Å². The van der Waals surface area contributed by atoms with Gasteiger partial charge in [0.15, 0.2) is 5.13 Å². The SMILES string of the molecule is COc1ccc2nc(N(CCN(C)C)C(=O)C3CCCN3S(=O)(=O)c3ccc(C)cc3)sc2c1. The van der Waals surface area contributed by atoms with Gasteiger partial charge in [-0.2, -0.15) is 4.31 Å². The van der Waals surface area contributed by atoms with E-state index in [4.69, 9.17) is 9.72 Å². The molecular formula is C24H30N4O4S2. The summed E-state index contributed by atoms with van der Waals surface area (Å²) < 4.78 is 34.4. The average Bonchev–Trinajstić information content (AvgIpc) is 3.46. The van der Waals surface area contributed by atoms with Gasteiger partial charge in [-0.25, -0.2) is 13.4 Å². The number of hydrogen-bond donors (Lipinski definition) is 0. The van der Waals surface area contributed by atoms with Crippen LogP contribution in [0.15, 0.2) is 47.4 Å². The highest BCUT2D eigenvalue weighted by atomic mass is 32.2. The van der Waals surface area contributed by atoms with Crippen molar-refractivity contribution in [3.05, 3.63) is 48.0 Å². The molecule has 0 spiro atoms. The number of aryl methyl sites for hydroxylation is 1. The number of hydrogen-bond acceptors (Lipinski definition) is 7. The molecule has 10 heteroatoms. The zero-order valence-corrected chi connectivity index (χ0v) is 21.5. The van der Waals surface area contributed by atoms with Crippen molar-refractivity contribution >= 4 is 42.6 Å². The van der Waals surface area contributed by atoms with Gasteiger partial charge in [-0.05, 0) is 64.2 Å². The lowest BCUT2D eigenvalue weighted by Gasteiger charge is -2.29. The normalized spacial score (nSPS) is 16.9. The first kappa shape index (κ1) is 24.6. The zero-order chi connectivity index (χ0) is 24.5. The van der Waals surface area contributed by atoms with Gasteiger partial charge in [0, 0.05) is 19.6 Å². The molecular weight excluding hydrogens is 472 g/mol. The molecule has 0 aliphatic carbocycles. The zero-order valence-electron chi connectivity index (χ0n) is 19.9. The van der Waals surface area contributed by atoms with E-state index in [9.17, 15) is 13.2 Å². The topological polar surface area (TPSA) is 83.1 Å². The molecule has 1 atom stereocenters. The highest BCUT2D eigenvalue weighted by molar-refractivity contribution is 7.89. The van der Waals surface area contributed by atoms with Crippen LogP contribution in [0, 0.1) is 6.92 Å². The molecule has 1 unspecified atom stereocenters. The van der Waals surface area contributed by atoms with Crippen molar-refractivity contribution in [3.8, 4) is 5.75 Å². The number of methoxy groups -OCH3 is 1. The van der Waals surface area contributed by atoms with Gasteiger partial charge in [0.05, 0.1) is 22.2 Å². The maximum atomic E-state index is 13.8. The Kier molecular flexibility index (Phi) is 7.22. The number of rotatable bonds is 8. The quantitative estimate of drug-likeness (QED) is 0.470. The van der Waals surface area contributed by atoms with Crippen LogP contribution in [0.3, 0.4) is 0 Å². The molecule has 0 radical (unpaired) electrons. The third kappa shape index (κ3) is 4.95. The van der Waals surface area contributed by atoms with Crippen LogP contribution in [0.2, 0.25) is 0 Å². The summed E-state index contributed by atoms with van der Waals surface area (Å²) >= 11 is 1.41. The van der Waals surface area contributed by atoms with Crippen molar-refractivity contribution in [2.75, 3.05) is 45.7 Å². The molecule has 2 aromatic carbocycles. The number of carbonyl (C=O) groups is 1. The molecule has 0 saturated carbocycles. The summed E-state index contributed by atoms with van der Waals surface area (Å²) in [6.45, 7) is 3.28. The molecule has 182 valence electrons. The van der Waals surface area contributed by atoms with Gasteiger partial charge in [0.25, 0.3) is 0 Å². The van der Waals surface area contributed by atoms with E-state index in [0.717, 1.165) is 21.5 Å². The Morgan fingerprint density at radius 2 is 1.91 bits per heavy atom. The second kappa shape index (κ2) is 9.99. The van der Waals surface area contributed by atoms with Crippen molar-refractivity contribution in [3.63, 3.8) is 0 Å². The maximum Gasteiger partial charge on any atom is 0.247 e. The first-order valence-corrected chi connectivity index (χ1v) is 13.5. The monoisotopic (exact) mass is 502 g/mol. The van der Waals surface area contributed by atoms with E-state index < -0.39 is 16.1 Å². The highest BCUT2D eigenvalue weighted by Gasteiger charge is 2.42. The number of sulfonamides is 1. The molecule has 1 aromatic heterocycles. The number of likely N-dealkylation sites (N-methyl/N-ethyl adjacent to an activating group) is 1. The minimum Gasteiger partial charge on any atom is -0.497 e. The second-order valence-corrected chi connectivity index (χ2v) is 11.6. The Hall–Kier alpha value is -2.53. The van der Waals surface area contributed by atoms with Gasteiger partial charge >= 0.3 is 0 Å². The molecule has 1 aliphatic rings. The lowest BCUT2D eigenvalue weighted by molar-refractivity contribution is -0.121. The number of aromatic nitrogens is 1. The molecule has 8 nitrogen and oxygen atoms in total. The van der Waals surface area contributed by atoms with Crippen LogP contribution in [0.25, 0.3) is 10.2 Å². The summed E-state index contributed by atoms with van der Waals surface area (Å²) in [5.41, 5.74) is 1.76. The minimum absolute atomic E-state index is 0.213. The molecule has 3 aromatic rings. The number of benzene rings is 2. The molecule has 1 fully saturated rings. The van der Waals surface area contributed by atoms with Gasteiger partial charge in [0.1, 0.15) is 11.8 Å². The fourth-order valence-corrected chi connectivity index (χ4v) is 6.71. The van der Waals surface area contributed by atoms with Gasteiger partial charge in [-0.1, -0.05) is 29.0 Å². The van der Waals surface area contributed by atoms with Crippen molar-refractivity contribution < 1.29 is 17.9 Å². The number of nitrogens with zero attached hydrogens (tertiary/aromatic N) is 4. The van der Waals surface area contributed by atoms with Crippen LogP contribution in [0.5, 0.6) is 5.75 Å². The van der Waals surface area contributed by atoms with Crippen LogP contribution in [-0.2, 0) is 14.8 Å². The highest BCUT2D eigenvalue weighted by Crippen LogP contribution is 2.34. The van der Waals surface area contributed by atoms with E-state index in [1.807, 2.05) is 44.1 Å². The Balaban J connectivity index is 1.67. The number of carbonyl (C=O) groups excluding carboxylic acids is 1. The number of thiazole rings is 1. The molecule has 1 aliphatic heterocycles. The maximum absolute atomic E-state index is 13.8. The van der Waals surface area contributed by atoms with Crippen LogP contribution < -0.4 is 9.64 Å². The largest absolute Gasteiger partial charge is 0.497 e. The van der Waals surface area contributed by atoms with Gasteiger partial charge < -0.3 is 9.64 Å². The van der Waals surface area contributed by atoms with E-state index >= 15 is 0 Å². The van der Waals surface area contributed by atoms with E-state index in [1.165, 1.54) is 15.6 Å². The van der Waals surface area contributed by atoms with E-state index in [-0.39, 0.29) is 10.8 Å². The van der Waals surface area contributed by atoms with Gasteiger partial charge in [-0.3, -0.25) is 9.69 Å². The lowest BCUT2D eigenvalue weighted by atomic mass is 10.2. The molecule has 0 N–H and O–H groups in total. The molecule has 34 heavy (non-hydrogen) atoms. The lowest BCUT2D eigenvalue weighted by Crippen LogP contribution is -2.49. The standard InChI is InChI=1S/C24H30N4O4S2/c1-17-7-10-19(11-8-17)34(30,31)28-13-5-6-21(28)23(29)27(15-14-26(2)3)24-25-20-12-9-18(32-4)16-22(20)33-24/h7-12,16,21H,5-6,13-15H2,1-4H3. The van der Waals surface area contributed by atoms with Crippen LogP contribution in [0.1, 0.15) is 18.4 Å². The van der Waals surface area contributed by atoms with Crippen LogP contribution in [0.4, 0.5) is 5.13 Å². The number of amides is 1. The third-order valence-electron chi connectivity index (χ3n) is 5.97. The Morgan fingerprint density at radius 3 is 2.59 bits per heavy atom. The molecule has 4 rings (SSSR count). The molecule has 1 amide bonds. The average molecular weight is 503 g/mol. The van der Waals surface area contributed by atoms with Crippen molar-refractivity contribution in [2.24, 2.45) is 0 Å². The predicted octanol–water partition coefficient (Wildman–Crippen LogP) is 3.36. The fourth-order valence-electron chi connectivity index (χ4n) is 4.04. The summed E-state index contributed by atoms with van der Waals surface area (Å²) in [7, 11) is 1.70. The first-order valence-electron chi connectivity index (χ1n) is 11.2. The summed E-state index contributed by atoms with van der Waals surface area (Å²) in [6.07, 6.45) is 1.13. The number of anilines is 1. The van der Waals surface area contributed by atoms with Crippen molar-refractivity contribution in [1.82, 2.24) is 14.2 Å². The van der Waals surface area contributed by atoms with Crippen molar-refractivity contribution in [2.45, 2.75) is 30.7 Å². The van der Waals surface area contributed by atoms with E-state index in [0.29, 0.717) is 37.6 Å². The summed E-state index contributed by atoms with van der Waals surface area (Å²) in [5.74, 6) is 0.487. The van der Waals surface area contributed by atoms with E-state index in [2.05, 4.69) is 0 Å². The first-order chi connectivity index (χ1) is 16.2. The number of ether oxygens (including phenoxy) is 1. The smallest absolute Gasteiger partial charge is 0.247 e. The summed E-state index contributed by atoms with van der Waals surface area (Å²) in [5, 5.41) is 0.565. The minimum atomic E-state index is -3.79. The summed E-state index contributed by atoms with van der Waals surface area (Å²) in [4.78, 5) is 22.4. The Labute approximate surface area is 204 Å². The van der Waals surface area contributed by atoms with E-state index in [1.54, 1.807) is 36.3 Å². The summed E-state index contributed by atoms with van der Waals surface area (Å²) in [6, 6.07) is 11.6. The second-order valence-electron chi connectivity index (χ2n) is 8.71. The third-order valence-corrected chi connectivity index (χ3v) is 8.93. The predicted molar refractivity (Wildman–Crippen MR) is 135 cm³/mol. The Bertz CT molecular complexity index is 1270. The Morgan fingerprint density at radius 1 is 1.18 bits per heavy atom. The molecule has 2 heterocycles.